The summed E-state index contributed by atoms with van der Waals surface area (Å²) >= 11 is 14.8. The number of rotatable bonds is 4. The molecule has 2 aromatic heterocycles. The van der Waals surface area contributed by atoms with Crippen molar-refractivity contribution in [2.75, 3.05) is 5.32 Å². The minimum Gasteiger partial charge on any atom is -0.324 e. The zero-order chi connectivity index (χ0) is 20.5. The van der Waals surface area contributed by atoms with Crippen molar-refractivity contribution in [1.82, 2.24) is 14.5 Å². The predicted octanol–water partition coefficient (Wildman–Crippen LogP) is 6.49. The Morgan fingerprint density at radius 3 is 2.55 bits per heavy atom. The zero-order valence-electron chi connectivity index (χ0n) is 15.0. The fourth-order valence-electron chi connectivity index (χ4n) is 2.99. The molecule has 4 aromatic rings. The maximum Gasteiger partial charge on any atom is 0.259 e. The highest BCUT2D eigenvalue weighted by atomic mass is 127. The van der Waals surface area contributed by atoms with Crippen LogP contribution in [-0.2, 0) is 7.05 Å². The molecule has 0 aliphatic rings. The molecule has 1 N–H and O–H groups in total. The fraction of sp³-hybridized carbons (Fsp3) is 0.0500. The van der Waals surface area contributed by atoms with Crippen LogP contribution in [0.2, 0.25) is 10.0 Å². The van der Waals surface area contributed by atoms with Gasteiger partial charge in [-0.1, -0.05) is 44.3 Å². The molecule has 0 aliphatic heterocycles. The largest absolute Gasteiger partial charge is 0.324 e. The lowest BCUT2D eigenvalue weighted by Gasteiger charge is -2.12. The highest BCUT2D eigenvalue weighted by molar-refractivity contribution is 14.2. The topological polar surface area (TPSA) is 59.8 Å². The Balaban J connectivity index is 1.81. The first kappa shape index (κ1) is 20.5. The van der Waals surface area contributed by atoms with E-state index < -0.39 is 0 Å². The number of benzene rings is 2. The van der Waals surface area contributed by atoms with Crippen molar-refractivity contribution in [3.63, 3.8) is 0 Å². The normalized spacial score (nSPS) is 11.0. The lowest BCUT2D eigenvalue weighted by molar-refractivity contribution is 0.887. The fourth-order valence-corrected chi connectivity index (χ4v) is 4.72. The second kappa shape index (κ2) is 8.51. The van der Waals surface area contributed by atoms with Gasteiger partial charge in [-0.25, -0.2) is 4.98 Å². The molecule has 2 aromatic carbocycles. The van der Waals surface area contributed by atoms with E-state index in [1.54, 1.807) is 46.4 Å². The van der Waals surface area contributed by atoms with Crippen LogP contribution in [0.15, 0.2) is 64.4 Å². The maximum absolute atomic E-state index is 13.0. The number of halogens is 3. The van der Waals surface area contributed by atoms with E-state index in [0.717, 1.165) is 10.6 Å². The van der Waals surface area contributed by atoms with Crippen LogP contribution in [-0.4, -0.2) is 14.5 Å². The van der Waals surface area contributed by atoms with Gasteiger partial charge in [-0.05, 0) is 36.4 Å². The van der Waals surface area contributed by atoms with E-state index in [4.69, 9.17) is 23.2 Å². The summed E-state index contributed by atoms with van der Waals surface area (Å²) in [5.41, 5.74) is 2.06. The molecule has 0 amide bonds. The van der Waals surface area contributed by atoms with Gasteiger partial charge in [0.15, 0.2) is 0 Å². The maximum atomic E-state index is 13.0. The van der Waals surface area contributed by atoms with E-state index >= 15 is 0 Å². The molecule has 29 heavy (non-hydrogen) atoms. The summed E-state index contributed by atoms with van der Waals surface area (Å²) in [6, 6.07) is 14.8. The van der Waals surface area contributed by atoms with Crippen molar-refractivity contribution >= 4 is 76.0 Å². The van der Waals surface area contributed by atoms with Crippen LogP contribution in [0.4, 0.5) is 11.6 Å². The molecule has 0 saturated heterocycles. The van der Waals surface area contributed by atoms with E-state index in [1.165, 1.54) is 4.57 Å². The van der Waals surface area contributed by atoms with Gasteiger partial charge in [0.25, 0.3) is 5.56 Å². The highest BCUT2D eigenvalue weighted by Gasteiger charge is 2.16. The average molecular weight is 555 g/mol. The number of hydrogen-bond donors (Lipinski definition) is 1. The Kier molecular flexibility index (Phi) is 6.00. The molecule has 0 fully saturated rings. The van der Waals surface area contributed by atoms with Crippen LogP contribution in [0.1, 0.15) is 0 Å². The van der Waals surface area contributed by atoms with Gasteiger partial charge in [-0.3, -0.25) is 9.36 Å². The van der Waals surface area contributed by atoms with Gasteiger partial charge in [0, 0.05) is 56.0 Å². The van der Waals surface area contributed by atoms with Crippen LogP contribution in [0.5, 0.6) is 0 Å². The van der Waals surface area contributed by atoms with Gasteiger partial charge in [0.05, 0.1) is 15.6 Å². The minimum atomic E-state index is -0.236. The van der Waals surface area contributed by atoms with Gasteiger partial charge in [0.2, 0.25) is 5.95 Å². The first-order valence-electron chi connectivity index (χ1n) is 8.45. The van der Waals surface area contributed by atoms with E-state index in [2.05, 4.69) is 36.5 Å². The third kappa shape index (κ3) is 4.09. The standard InChI is InChI=1S/C20H13Cl2IN4OS/c1-27-18-11(8-14(19(27)28)17-15(21)6-3-7-16(17)22)10-24-20(26-18)25-12-4-2-5-13(9-12)29-23/h2-10H,1H3,(H,24,25,26). The molecule has 2 heterocycles. The lowest BCUT2D eigenvalue weighted by atomic mass is 10.1. The van der Waals surface area contributed by atoms with Gasteiger partial charge in [0.1, 0.15) is 5.65 Å². The summed E-state index contributed by atoms with van der Waals surface area (Å²) in [4.78, 5) is 23.0. The van der Waals surface area contributed by atoms with Crippen LogP contribution in [0.25, 0.3) is 22.2 Å². The van der Waals surface area contributed by atoms with Crippen LogP contribution in [0, 0.1) is 0 Å². The number of aryl methyl sites for hydroxylation is 1. The second-order valence-corrected chi connectivity index (χ2v) is 8.98. The third-order valence-electron chi connectivity index (χ3n) is 4.36. The van der Waals surface area contributed by atoms with Crippen molar-refractivity contribution in [3.8, 4) is 11.1 Å². The Morgan fingerprint density at radius 1 is 1.10 bits per heavy atom. The number of aromatic nitrogens is 3. The van der Waals surface area contributed by atoms with Crippen LogP contribution in [0.3, 0.4) is 0 Å². The zero-order valence-corrected chi connectivity index (χ0v) is 19.5. The van der Waals surface area contributed by atoms with Crippen LogP contribution >= 0.6 is 53.3 Å². The molecule has 0 bridgehead atoms. The molecule has 0 atom stereocenters. The van der Waals surface area contributed by atoms with Crippen molar-refractivity contribution in [3.05, 3.63) is 75.1 Å². The molecule has 0 aliphatic carbocycles. The van der Waals surface area contributed by atoms with E-state index in [0.29, 0.717) is 38.2 Å². The summed E-state index contributed by atoms with van der Waals surface area (Å²) in [5, 5.41) is 4.73. The molecule has 0 spiro atoms. The molecular formula is C20H13Cl2IN4OS. The van der Waals surface area contributed by atoms with E-state index in [1.807, 2.05) is 24.3 Å². The molecule has 146 valence electrons. The summed E-state index contributed by atoms with van der Waals surface area (Å²) in [6.45, 7) is 0. The number of nitrogens with one attached hydrogen (secondary N) is 1. The Bertz CT molecular complexity index is 1280. The average Bonchev–Trinajstić information content (AvgIpc) is 2.72. The predicted molar refractivity (Wildman–Crippen MR) is 130 cm³/mol. The first-order valence-corrected chi connectivity index (χ1v) is 12.6. The Hall–Kier alpha value is -1.81. The summed E-state index contributed by atoms with van der Waals surface area (Å²) in [7, 11) is 3.29. The molecule has 5 nitrogen and oxygen atoms in total. The van der Waals surface area contributed by atoms with E-state index in [9.17, 15) is 4.79 Å². The molecular weight excluding hydrogens is 542 g/mol. The van der Waals surface area contributed by atoms with Crippen molar-refractivity contribution < 1.29 is 0 Å². The molecule has 4 rings (SSSR count). The summed E-state index contributed by atoms with van der Waals surface area (Å²) < 4.78 is 1.48. The molecule has 0 radical (unpaired) electrons. The van der Waals surface area contributed by atoms with E-state index in [-0.39, 0.29) is 5.56 Å². The van der Waals surface area contributed by atoms with Gasteiger partial charge < -0.3 is 5.32 Å². The molecule has 9 heteroatoms. The number of fused-ring (bicyclic) bond motifs is 1. The Labute approximate surface area is 193 Å². The third-order valence-corrected chi connectivity index (χ3v) is 6.95. The van der Waals surface area contributed by atoms with Crippen molar-refractivity contribution in [2.45, 2.75) is 4.90 Å². The Morgan fingerprint density at radius 2 is 1.83 bits per heavy atom. The first-order chi connectivity index (χ1) is 14.0. The van der Waals surface area contributed by atoms with Gasteiger partial charge in [-0.15, -0.1) is 0 Å². The monoisotopic (exact) mass is 554 g/mol. The number of anilines is 2. The summed E-state index contributed by atoms with van der Waals surface area (Å²) in [5.74, 6) is 0.409. The molecule has 0 saturated carbocycles. The number of hydrogen-bond acceptors (Lipinski definition) is 5. The minimum absolute atomic E-state index is 0.236. The SMILES string of the molecule is Cn1c(=O)c(-c2c(Cl)cccc2Cl)cc2cnc(Nc3cccc(SI)c3)nc21. The second-order valence-electron chi connectivity index (χ2n) is 6.22. The molecule has 0 unspecified atom stereocenters. The summed E-state index contributed by atoms with van der Waals surface area (Å²) in [6.07, 6.45) is 1.68. The van der Waals surface area contributed by atoms with Crippen molar-refractivity contribution in [2.24, 2.45) is 7.05 Å². The highest BCUT2D eigenvalue weighted by Crippen LogP contribution is 2.34. The van der Waals surface area contributed by atoms with Crippen molar-refractivity contribution in [1.29, 1.82) is 0 Å². The van der Waals surface area contributed by atoms with Crippen LogP contribution < -0.4 is 10.9 Å². The number of pyridine rings is 1. The number of nitrogens with zero attached hydrogens (tertiary/aromatic N) is 3. The lowest BCUT2D eigenvalue weighted by Crippen LogP contribution is -2.20. The quantitative estimate of drug-likeness (QED) is 0.292. The van der Waals surface area contributed by atoms with Gasteiger partial charge >= 0.3 is 0 Å². The van der Waals surface area contributed by atoms with Gasteiger partial charge in [-0.2, -0.15) is 4.98 Å². The smallest absolute Gasteiger partial charge is 0.259 e.